The average Bonchev–Trinajstić information content (AvgIpc) is 1.73. The predicted octanol–water partition coefficient (Wildman–Crippen LogP) is -3.06. The number of hydrogen-bond acceptors (Lipinski definition) is 6. The Morgan fingerprint density at radius 2 is 1.13 bits per heavy atom. The number of carbonyl (C=O) groups excluding carboxylic acids is 2. The van der Waals surface area contributed by atoms with E-state index in [4.69, 9.17) is 0 Å². The summed E-state index contributed by atoms with van der Waals surface area (Å²) in [7, 11) is -8.93. The van der Waals surface area contributed by atoms with Gasteiger partial charge in [0.05, 0.1) is 0 Å². The molecule has 0 rings (SSSR count). The highest BCUT2D eigenvalue weighted by atomic mass is 32.3. The molecule has 0 spiro atoms. The molecule has 0 aliphatic heterocycles. The second-order valence-corrected chi connectivity index (χ2v) is 6.09. The van der Waals surface area contributed by atoms with Crippen molar-refractivity contribution in [2.75, 3.05) is 5.08 Å². The van der Waals surface area contributed by atoms with Crippen molar-refractivity contribution < 1.29 is 26.4 Å². The molecule has 0 saturated carbocycles. The van der Waals surface area contributed by atoms with Crippen molar-refractivity contribution in [2.24, 2.45) is 11.5 Å². The second-order valence-electron chi connectivity index (χ2n) is 2.28. The van der Waals surface area contributed by atoms with Crippen LogP contribution >= 0.6 is 0 Å². The molecule has 0 unspecified atom stereocenters. The van der Waals surface area contributed by atoms with E-state index < -0.39 is 37.2 Å². The third-order valence-electron chi connectivity index (χ3n) is 0.822. The molecule has 88 valence electrons. The highest BCUT2D eigenvalue weighted by Crippen LogP contribution is 1.91. The van der Waals surface area contributed by atoms with E-state index in [1.807, 2.05) is 0 Å². The highest BCUT2D eigenvalue weighted by molar-refractivity contribution is 8.06. The molecule has 0 radical (unpaired) electrons. The molecule has 6 N–H and O–H groups in total. The molecule has 0 aromatic carbocycles. The summed E-state index contributed by atoms with van der Waals surface area (Å²) in [6.07, 6.45) is 0. The molecule has 0 aliphatic rings. The number of amides is 4. The SMILES string of the molecule is NC(=O)NS(=O)(=O)CS(=O)(=O)NC(N)=O. The van der Waals surface area contributed by atoms with E-state index in [9.17, 15) is 26.4 Å². The fourth-order valence-corrected chi connectivity index (χ4v) is 3.29. The molecule has 0 aromatic rings. The van der Waals surface area contributed by atoms with Gasteiger partial charge in [0, 0.05) is 0 Å². The summed E-state index contributed by atoms with van der Waals surface area (Å²) in [5, 5.41) is -1.54. The third kappa shape index (κ3) is 6.50. The summed E-state index contributed by atoms with van der Waals surface area (Å²) in [6, 6.07) is -2.88. The maximum Gasteiger partial charge on any atom is 0.325 e. The van der Waals surface area contributed by atoms with E-state index in [1.54, 1.807) is 0 Å². The average molecular weight is 260 g/mol. The Morgan fingerprint density at radius 1 is 0.867 bits per heavy atom. The predicted molar refractivity (Wildman–Crippen MR) is 48.1 cm³/mol. The van der Waals surface area contributed by atoms with Crippen molar-refractivity contribution in [3.8, 4) is 0 Å². The number of nitrogens with two attached hydrogens (primary N) is 2. The number of carbonyl (C=O) groups is 2. The Hall–Kier alpha value is -1.56. The van der Waals surface area contributed by atoms with Gasteiger partial charge in [0.25, 0.3) is 20.0 Å². The van der Waals surface area contributed by atoms with Gasteiger partial charge in [-0.2, -0.15) is 0 Å². The van der Waals surface area contributed by atoms with Crippen molar-refractivity contribution in [3.05, 3.63) is 0 Å². The summed E-state index contributed by atoms with van der Waals surface area (Å²) in [6.45, 7) is 0. The lowest BCUT2D eigenvalue weighted by molar-refractivity contribution is 0.252. The van der Waals surface area contributed by atoms with Gasteiger partial charge in [0.2, 0.25) is 0 Å². The molecule has 15 heavy (non-hydrogen) atoms. The van der Waals surface area contributed by atoms with Gasteiger partial charge in [0.15, 0.2) is 5.08 Å². The largest absolute Gasteiger partial charge is 0.351 e. The first-order chi connectivity index (χ1) is 6.54. The first kappa shape index (κ1) is 13.4. The summed E-state index contributed by atoms with van der Waals surface area (Å²) in [4.78, 5) is 20.3. The van der Waals surface area contributed by atoms with Crippen LogP contribution in [0, 0.1) is 0 Å². The monoisotopic (exact) mass is 260 g/mol. The lowest BCUT2D eigenvalue weighted by atomic mass is 11.2. The molecule has 0 heterocycles. The first-order valence-electron chi connectivity index (χ1n) is 3.14. The van der Waals surface area contributed by atoms with Crippen LogP contribution in [0.5, 0.6) is 0 Å². The molecule has 0 aromatic heterocycles. The van der Waals surface area contributed by atoms with Crippen molar-refractivity contribution >= 4 is 32.1 Å². The zero-order valence-electron chi connectivity index (χ0n) is 7.13. The molecule has 10 nitrogen and oxygen atoms in total. The number of urea groups is 2. The maximum atomic E-state index is 10.9. The Bertz CT molecular complexity index is 419. The zero-order valence-corrected chi connectivity index (χ0v) is 8.76. The topological polar surface area (TPSA) is 179 Å². The fraction of sp³-hybridized carbons (Fsp3) is 0.333. The fourth-order valence-electron chi connectivity index (χ4n) is 0.570. The lowest BCUT2D eigenvalue weighted by Gasteiger charge is -2.05. The first-order valence-corrected chi connectivity index (χ1v) is 6.44. The van der Waals surface area contributed by atoms with Crippen LogP contribution in [-0.4, -0.2) is 34.0 Å². The quantitative estimate of drug-likeness (QED) is 0.416. The van der Waals surface area contributed by atoms with Crippen LogP contribution in [0.2, 0.25) is 0 Å². The van der Waals surface area contributed by atoms with Gasteiger partial charge in [0.1, 0.15) is 0 Å². The highest BCUT2D eigenvalue weighted by Gasteiger charge is 2.24. The standard InChI is InChI=1S/C3H8N4O6S2/c4-2(8)6-14(10,11)1-15(12,13)7-3(5)9/h1H2,(H3,4,6,8)(H3,5,7,9). The number of hydrogen-bond donors (Lipinski definition) is 4. The van der Waals surface area contributed by atoms with Gasteiger partial charge in [-0.15, -0.1) is 0 Å². The zero-order chi connectivity index (χ0) is 12.3. The minimum absolute atomic E-state index is 1.19. The second kappa shape index (κ2) is 4.31. The molecule has 0 aliphatic carbocycles. The van der Waals surface area contributed by atoms with Crippen LogP contribution < -0.4 is 20.9 Å². The molecule has 4 amide bonds. The Balaban J connectivity index is 4.74. The summed E-state index contributed by atoms with van der Waals surface area (Å²) in [5.41, 5.74) is 8.93. The minimum Gasteiger partial charge on any atom is -0.351 e. The van der Waals surface area contributed by atoms with E-state index in [1.165, 1.54) is 9.44 Å². The van der Waals surface area contributed by atoms with E-state index in [-0.39, 0.29) is 0 Å². The van der Waals surface area contributed by atoms with Crippen LogP contribution in [0.25, 0.3) is 0 Å². The van der Waals surface area contributed by atoms with Gasteiger partial charge in [-0.3, -0.25) is 0 Å². The summed E-state index contributed by atoms with van der Waals surface area (Å²) < 4.78 is 45.8. The molecule has 0 bridgehead atoms. The van der Waals surface area contributed by atoms with Gasteiger partial charge in [-0.1, -0.05) is 0 Å². The van der Waals surface area contributed by atoms with Crippen LogP contribution in [-0.2, 0) is 20.0 Å². The van der Waals surface area contributed by atoms with Crippen molar-refractivity contribution in [1.29, 1.82) is 0 Å². The minimum atomic E-state index is -4.47. The molecular weight excluding hydrogens is 252 g/mol. The van der Waals surface area contributed by atoms with Crippen LogP contribution in [0.1, 0.15) is 0 Å². The molecule has 0 saturated heterocycles. The Kier molecular flexibility index (Phi) is 3.86. The number of rotatable bonds is 4. The lowest BCUT2D eigenvalue weighted by Crippen LogP contribution is -2.43. The van der Waals surface area contributed by atoms with Crippen LogP contribution in [0.15, 0.2) is 0 Å². The van der Waals surface area contributed by atoms with E-state index in [2.05, 4.69) is 11.5 Å². The van der Waals surface area contributed by atoms with E-state index in [0.717, 1.165) is 0 Å². The Labute approximate surface area is 85.1 Å². The van der Waals surface area contributed by atoms with Gasteiger partial charge in [-0.25, -0.2) is 35.9 Å². The molecule has 12 heteroatoms. The van der Waals surface area contributed by atoms with Gasteiger partial charge < -0.3 is 11.5 Å². The normalized spacial score (nSPS) is 11.7. The summed E-state index contributed by atoms with van der Waals surface area (Å²) >= 11 is 0. The smallest absolute Gasteiger partial charge is 0.325 e. The van der Waals surface area contributed by atoms with Crippen molar-refractivity contribution in [1.82, 2.24) is 9.44 Å². The number of sulfonamides is 2. The van der Waals surface area contributed by atoms with Crippen molar-refractivity contribution in [3.63, 3.8) is 0 Å². The van der Waals surface area contributed by atoms with Gasteiger partial charge >= 0.3 is 12.1 Å². The van der Waals surface area contributed by atoms with Crippen LogP contribution in [0.4, 0.5) is 9.59 Å². The molecule has 0 atom stereocenters. The molecular formula is C3H8N4O6S2. The molecule has 0 fully saturated rings. The summed E-state index contributed by atoms with van der Waals surface area (Å²) in [5.74, 6) is 0. The van der Waals surface area contributed by atoms with E-state index >= 15 is 0 Å². The van der Waals surface area contributed by atoms with Crippen LogP contribution in [0.3, 0.4) is 0 Å². The number of nitrogens with one attached hydrogen (secondary N) is 2. The van der Waals surface area contributed by atoms with Crippen molar-refractivity contribution in [2.45, 2.75) is 0 Å². The number of primary amides is 2. The Morgan fingerprint density at radius 3 is 1.33 bits per heavy atom. The van der Waals surface area contributed by atoms with Gasteiger partial charge in [-0.05, 0) is 0 Å². The van der Waals surface area contributed by atoms with E-state index in [0.29, 0.717) is 0 Å². The maximum absolute atomic E-state index is 10.9. The third-order valence-corrected chi connectivity index (χ3v) is 4.33.